The fourth-order valence-electron chi connectivity index (χ4n) is 1.61. The molecule has 0 aliphatic heterocycles. The van der Waals surface area contributed by atoms with E-state index in [1.165, 1.54) is 17.2 Å². The van der Waals surface area contributed by atoms with E-state index in [-0.39, 0.29) is 0 Å². The lowest BCUT2D eigenvalue weighted by molar-refractivity contribution is 0.757. The Bertz CT molecular complexity index is 498. The predicted molar refractivity (Wildman–Crippen MR) is 69.9 cm³/mol. The van der Waals surface area contributed by atoms with Crippen molar-refractivity contribution >= 4 is 11.5 Å². The van der Waals surface area contributed by atoms with Gasteiger partial charge in [0.1, 0.15) is 5.82 Å². The van der Waals surface area contributed by atoms with Crippen molar-refractivity contribution in [3.63, 3.8) is 0 Å². The van der Waals surface area contributed by atoms with Gasteiger partial charge in [0.25, 0.3) is 0 Å². The van der Waals surface area contributed by atoms with E-state index in [2.05, 4.69) is 48.2 Å². The molecule has 0 amide bonds. The van der Waals surface area contributed by atoms with Crippen molar-refractivity contribution in [3.05, 3.63) is 23.3 Å². The summed E-state index contributed by atoms with van der Waals surface area (Å²) in [5.74, 6) is 1.27. The lowest BCUT2D eigenvalue weighted by atomic mass is 10.2. The second-order valence-corrected chi connectivity index (χ2v) is 5.07. The SMILES string of the molecule is CCc1cc(CC)n(-c2nc(C(C)C)ns2)n1. The lowest BCUT2D eigenvalue weighted by Gasteiger charge is -1.99. The topological polar surface area (TPSA) is 43.6 Å². The van der Waals surface area contributed by atoms with Crippen LogP contribution in [-0.2, 0) is 12.8 Å². The van der Waals surface area contributed by atoms with Gasteiger partial charge in [-0.25, -0.2) is 9.67 Å². The predicted octanol–water partition coefficient (Wildman–Crippen LogP) is 2.97. The molecule has 0 bridgehead atoms. The molecule has 2 rings (SSSR count). The molecule has 0 aromatic carbocycles. The van der Waals surface area contributed by atoms with Gasteiger partial charge in [-0.05, 0) is 18.9 Å². The molecule has 0 aliphatic carbocycles. The molecule has 0 saturated heterocycles. The minimum atomic E-state index is 0.367. The Kier molecular flexibility index (Phi) is 3.57. The van der Waals surface area contributed by atoms with E-state index in [4.69, 9.17) is 0 Å². The van der Waals surface area contributed by atoms with E-state index in [0.29, 0.717) is 5.92 Å². The van der Waals surface area contributed by atoms with Crippen molar-refractivity contribution in [1.82, 2.24) is 19.1 Å². The summed E-state index contributed by atoms with van der Waals surface area (Å²) >= 11 is 1.42. The molecule has 17 heavy (non-hydrogen) atoms. The van der Waals surface area contributed by atoms with Gasteiger partial charge in [0.15, 0.2) is 0 Å². The van der Waals surface area contributed by atoms with Crippen LogP contribution in [0.25, 0.3) is 5.13 Å². The van der Waals surface area contributed by atoms with Crippen LogP contribution < -0.4 is 0 Å². The number of hydrogen-bond acceptors (Lipinski definition) is 4. The van der Waals surface area contributed by atoms with E-state index in [0.717, 1.165) is 29.5 Å². The van der Waals surface area contributed by atoms with Gasteiger partial charge in [0.05, 0.1) is 5.69 Å². The molecule has 0 aliphatic rings. The summed E-state index contributed by atoms with van der Waals surface area (Å²) in [7, 11) is 0. The molecule has 0 radical (unpaired) electrons. The van der Waals surface area contributed by atoms with Crippen LogP contribution >= 0.6 is 11.5 Å². The maximum atomic E-state index is 4.57. The molecule has 4 nitrogen and oxygen atoms in total. The molecule has 2 heterocycles. The number of aromatic nitrogens is 4. The maximum absolute atomic E-state index is 4.57. The molecule has 5 heteroatoms. The van der Waals surface area contributed by atoms with Crippen LogP contribution in [0.1, 0.15) is 50.8 Å². The van der Waals surface area contributed by atoms with Crippen molar-refractivity contribution < 1.29 is 0 Å². The van der Waals surface area contributed by atoms with E-state index in [1.54, 1.807) is 0 Å². The Hall–Kier alpha value is -1.23. The summed E-state index contributed by atoms with van der Waals surface area (Å²) in [6.07, 6.45) is 1.92. The van der Waals surface area contributed by atoms with Crippen molar-refractivity contribution in [1.29, 1.82) is 0 Å². The van der Waals surface area contributed by atoms with Gasteiger partial charge >= 0.3 is 0 Å². The quantitative estimate of drug-likeness (QED) is 0.838. The highest BCUT2D eigenvalue weighted by atomic mass is 32.1. The minimum absolute atomic E-state index is 0.367. The fraction of sp³-hybridized carbons (Fsp3) is 0.583. The minimum Gasteiger partial charge on any atom is -0.209 e. The third-order valence-electron chi connectivity index (χ3n) is 2.69. The summed E-state index contributed by atoms with van der Waals surface area (Å²) in [4.78, 5) is 4.54. The van der Waals surface area contributed by atoms with E-state index in [1.807, 2.05) is 4.68 Å². The van der Waals surface area contributed by atoms with Gasteiger partial charge in [-0.3, -0.25) is 0 Å². The van der Waals surface area contributed by atoms with Gasteiger partial charge in [-0.2, -0.15) is 9.47 Å². The third-order valence-corrected chi connectivity index (χ3v) is 3.39. The highest BCUT2D eigenvalue weighted by Crippen LogP contribution is 2.19. The third kappa shape index (κ3) is 2.39. The summed E-state index contributed by atoms with van der Waals surface area (Å²) < 4.78 is 6.31. The van der Waals surface area contributed by atoms with Crippen molar-refractivity contribution in [2.45, 2.75) is 46.5 Å². The highest BCUT2D eigenvalue weighted by Gasteiger charge is 2.13. The first-order valence-electron chi connectivity index (χ1n) is 6.07. The Morgan fingerprint density at radius 3 is 2.59 bits per heavy atom. The van der Waals surface area contributed by atoms with Crippen LogP contribution in [0.15, 0.2) is 6.07 Å². The molecule has 0 N–H and O–H groups in total. The van der Waals surface area contributed by atoms with Crippen LogP contribution in [0.5, 0.6) is 0 Å². The van der Waals surface area contributed by atoms with E-state index < -0.39 is 0 Å². The van der Waals surface area contributed by atoms with Gasteiger partial charge in [-0.15, -0.1) is 0 Å². The van der Waals surface area contributed by atoms with Gasteiger partial charge in [0, 0.05) is 23.1 Å². The first kappa shape index (κ1) is 12.2. The van der Waals surface area contributed by atoms with Crippen molar-refractivity contribution in [2.24, 2.45) is 0 Å². The lowest BCUT2D eigenvalue weighted by Crippen LogP contribution is -2.01. The molecule has 0 spiro atoms. The summed E-state index contributed by atoms with van der Waals surface area (Å²) in [6, 6.07) is 2.15. The highest BCUT2D eigenvalue weighted by molar-refractivity contribution is 7.08. The number of aryl methyl sites for hydroxylation is 2. The molecular weight excluding hydrogens is 232 g/mol. The zero-order valence-electron chi connectivity index (χ0n) is 10.8. The molecule has 0 atom stereocenters. The Morgan fingerprint density at radius 1 is 1.29 bits per heavy atom. The Labute approximate surface area is 106 Å². The molecule has 0 unspecified atom stereocenters. The van der Waals surface area contributed by atoms with Gasteiger partial charge in [0.2, 0.25) is 5.13 Å². The summed E-state index contributed by atoms with van der Waals surface area (Å²) in [5.41, 5.74) is 2.32. The average Bonchev–Trinajstić information content (AvgIpc) is 2.94. The number of rotatable bonds is 4. The second-order valence-electron chi connectivity index (χ2n) is 4.34. The first-order valence-corrected chi connectivity index (χ1v) is 6.84. The van der Waals surface area contributed by atoms with Crippen molar-refractivity contribution in [2.75, 3.05) is 0 Å². The zero-order valence-corrected chi connectivity index (χ0v) is 11.6. The first-order chi connectivity index (χ1) is 8.15. The Morgan fingerprint density at radius 2 is 2.06 bits per heavy atom. The molecule has 2 aromatic heterocycles. The second kappa shape index (κ2) is 4.96. The van der Waals surface area contributed by atoms with Crippen LogP contribution in [0.2, 0.25) is 0 Å². The fourth-order valence-corrected chi connectivity index (χ4v) is 2.41. The standard InChI is InChI=1S/C12H18N4S/c1-5-9-7-10(6-2)16(14-9)12-13-11(8(3)4)15-17-12/h7-8H,5-6H2,1-4H3. The van der Waals surface area contributed by atoms with Crippen LogP contribution in [0.3, 0.4) is 0 Å². The molecular formula is C12H18N4S. The van der Waals surface area contributed by atoms with Crippen LogP contribution in [0, 0.1) is 0 Å². The molecule has 0 saturated carbocycles. The Balaban J connectivity index is 2.40. The van der Waals surface area contributed by atoms with Gasteiger partial charge in [-0.1, -0.05) is 27.7 Å². The summed E-state index contributed by atoms with van der Waals surface area (Å²) in [6.45, 7) is 8.46. The van der Waals surface area contributed by atoms with E-state index >= 15 is 0 Å². The van der Waals surface area contributed by atoms with Crippen LogP contribution in [0.4, 0.5) is 0 Å². The van der Waals surface area contributed by atoms with Crippen molar-refractivity contribution in [3.8, 4) is 5.13 Å². The number of hydrogen-bond donors (Lipinski definition) is 0. The van der Waals surface area contributed by atoms with E-state index in [9.17, 15) is 0 Å². The normalized spacial score (nSPS) is 11.4. The molecule has 0 fully saturated rings. The smallest absolute Gasteiger partial charge is 0.209 e. The zero-order chi connectivity index (χ0) is 12.4. The monoisotopic (exact) mass is 250 g/mol. The maximum Gasteiger partial charge on any atom is 0.230 e. The summed E-state index contributed by atoms with van der Waals surface area (Å²) in [5, 5.41) is 5.45. The van der Waals surface area contributed by atoms with Gasteiger partial charge < -0.3 is 0 Å². The molecule has 92 valence electrons. The number of nitrogens with zero attached hydrogens (tertiary/aromatic N) is 4. The largest absolute Gasteiger partial charge is 0.230 e. The van der Waals surface area contributed by atoms with Crippen LogP contribution in [-0.4, -0.2) is 19.1 Å². The average molecular weight is 250 g/mol. The molecule has 2 aromatic rings.